The van der Waals surface area contributed by atoms with Crippen molar-refractivity contribution in [3.63, 3.8) is 0 Å². The van der Waals surface area contributed by atoms with Crippen LogP contribution in [0.5, 0.6) is 0 Å². The zero-order valence-electron chi connectivity index (χ0n) is 18.1. The number of carbonyl (C=O) groups is 3. The number of esters is 1. The van der Waals surface area contributed by atoms with Gasteiger partial charge in [-0.25, -0.2) is 4.79 Å². The van der Waals surface area contributed by atoms with Gasteiger partial charge in [-0.3, -0.25) is 9.59 Å². The average molecular weight is 442 g/mol. The number of ether oxygens (including phenoxy) is 1. The van der Waals surface area contributed by atoms with Crippen molar-refractivity contribution in [2.24, 2.45) is 11.8 Å². The van der Waals surface area contributed by atoms with Crippen LogP contribution in [0.1, 0.15) is 48.2 Å². The molecule has 7 heteroatoms. The highest BCUT2D eigenvalue weighted by Crippen LogP contribution is 2.39. The standard InChI is InChI=1S/C24H27NO5S/c1-13(2)30-24(29)20-19(18-11-14(3)9-10-15(18)4)12-31-22(20)25-21(26)16-7-5-6-8-17(16)23(27)28/h5-6,9-13,16-17H,7-8H2,1-4H3,(H,25,26)(H,27,28). The van der Waals surface area contributed by atoms with Crippen molar-refractivity contribution in [1.29, 1.82) is 0 Å². The number of thiophene rings is 1. The number of allylic oxidation sites excluding steroid dienone is 2. The van der Waals surface area contributed by atoms with Crippen molar-refractivity contribution in [3.8, 4) is 11.1 Å². The largest absolute Gasteiger partial charge is 0.481 e. The number of carboxylic acids is 1. The summed E-state index contributed by atoms with van der Waals surface area (Å²) in [6, 6.07) is 5.99. The Bertz CT molecular complexity index is 1040. The minimum atomic E-state index is -0.994. The minimum absolute atomic E-state index is 0.305. The lowest BCUT2D eigenvalue weighted by atomic mass is 9.82. The molecule has 2 atom stereocenters. The zero-order valence-corrected chi connectivity index (χ0v) is 18.9. The molecule has 0 saturated carbocycles. The predicted octanol–water partition coefficient (Wildman–Crippen LogP) is 5.20. The monoisotopic (exact) mass is 441 g/mol. The summed E-state index contributed by atoms with van der Waals surface area (Å²) in [4.78, 5) is 37.6. The highest BCUT2D eigenvalue weighted by Gasteiger charge is 2.35. The van der Waals surface area contributed by atoms with Crippen molar-refractivity contribution < 1.29 is 24.2 Å². The molecule has 2 aromatic rings. The first-order chi connectivity index (χ1) is 14.7. The van der Waals surface area contributed by atoms with Gasteiger partial charge in [-0.05, 0) is 51.7 Å². The molecule has 6 nitrogen and oxygen atoms in total. The molecule has 1 aliphatic carbocycles. The Morgan fingerprint density at radius 2 is 1.77 bits per heavy atom. The number of anilines is 1. The van der Waals surface area contributed by atoms with E-state index < -0.39 is 29.7 Å². The number of rotatable bonds is 6. The molecule has 1 heterocycles. The third-order valence-electron chi connectivity index (χ3n) is 5.34. The number of carboxylic acid groups (broad SMARTS) is 1. The van der Waals surface area contributed by atoms with Gasteiger partial charge in [-0.1, -0.05) is 35.9 Å². The van der Waals surface area contributed by atoms with E-state index >= 15 is 0 Å². The van der Waals surface area contributed by atoms with Crippen LogP contribution in [0, 0.1) is 25.7 Å². The molecule has 1 aliphatic rings. The fourth-order valence-corrected chi connectivity index (χ4v) is 4.68. The molecule has 3 rings (SSSR count). The third-order valence-corrected chi connectivity index (χ3v) is 6.24. The second-order valence-electron chi connectivity index (χ2n) is 8.11. The number of carbonyl (C=O) groups excluding carboxylic acids is 2. The van der Waals surface area contributed by atoms with Gasteiger partial charge in [0.2, 0.25) is 5.91 Å². The van der Waals surface area contributed by atoms with Crippen LogP contribution in [0.15, 0.2) is 35.7 Å². The summed E-state index contributed by atoms with van der Waals surface area (Å²) >= 11 is 1.24. The summed E-state index contributed by atoms with van der Waals surface area (Å²) in [5.74, 6) is -3.38. The first kappa shape index (κ1) is 22.7. The molecule has 0 spiro atoms. The van der Waals surface area contributed by atoms with Gasteiger partial charge in [0.25, 0.3) is 0 Å². The van der Waals surface area contributed by atoms with Crippen LogP contribution in [-0.2, 0) is 14.3 Å². The lowest BCUT2D eigenvalue weighted by Gasteiger charge is -2.24. The molecule has 0 radical (unpaired) electrons. The Morgan fingerprint density at radius 3 is 2.42 bits per heavy atom. The summed E-state index contributed by atoms with van der Waals surface area (Å²) < 4.78 is 5.47. The summed E-state index contributed by atoms with van der Waals surface area (Å²) in [5.41, 5.74) is 3.96. The Balaban J connectivity index is 2.00. The van der Waals surface area contributed by atoms with E-state index in [2.05, 4.69) is 5.32 Å². The van der Waals surface area contributed by atoms with E-state index in [-0.39, 0.29) is 6.10 Å². The van der Waals surface area contributed by atoms with Crippen LogP contribution in [0.25, 0.3) is 11.1 Å². The van der Waals surface area contributed by atoms with Crippen LogP contribution < -0.4 is 5.32 Å². The van der Waals surface area contributed by atoms with Crippen LogP contribution in [0.2, 0.25) is 0 Å². The molecule has 2 unspecified atom stereocenters. The summed E-state index contributed by atoms with van der Waals surface area (Å²) in [6.07, 6.45) is 3.96. The van der Waals surface area contributed by atoms with E-state index in [9.17, 15) is 19.5 Å². The van der Waals surface area contributed by atoms with E-state index in [0.29, 0.717) is 29.0 Å². The quantitative estimate of drug-likeness (QED) is 0.475. The first-order valence-electron chi connectivity index (χ1n) is 10.3. The molecule has 1 aromatic carbocycles. The maximum absolute atomic E-state index is 13.0. The number of hydrogen-bond acceptors (Lipinski definition) is 5. The van der Waals surface area contributed by atoms with Gasteiger partial charge < -0.3 is 15.2 Å². The number of benzene rings is 1. The van der Waals surface area contributed by atoms with E-state index in [1.807, 2.05) is 43.5 Å². The fourth-order valence-electron chi connectivity index (χ4n) is 3.73. The lowest BCUT2D eigenvalue weighted by Crippen LogP contribution is -2.34. The number of amides is 1. The van der Waals surface area contributed by atoms with Gasteiger partial charge in [0.15, 0.2) is 0 Å². The summed E-state index contributed by atoms with van der Waals surface area (Å²) in [5, 5.41) is 14.5. The molecule has 0 saturated heterocycles. The third kappa shape index (κ3) is 5.05. The number of hydrogen-bond donors (Lipinski definition) is 2. The number of nitrogens with one attached hydrogen (secondary N) is 1. The first-order valence-corrected chi connectivity index (χ1v) is 11.2. The van der Waals surface area contributed by atoms with Crippen LogP contribution >= 0.6 is 11.3 Å². The topological polar surface area (TPSA) is 92.7 Å². The van der Waals surface area contributed by atoms with Gasteiger partial charge in [0, 0.05) is 10.9 Å². The number of aryl methyl sites for hydroxylation is 2. The maximum Gasteiger partial charge on any atom is 0.342 e. The van der Waals surface area contributed by atoms with Gasteiger partial charge in [-0.15, -0.1) is 11.3 Å². The van der Waals surface area contributed by atoms with Crippen molar-refractivity contribution in [3.05, 3.63) is 52.4 Å². The second kappa shape index (κ2) is 9.47. The maximum atomic E-state index is 13.0. The second-order valence-corrected chi connectivity index (χ2v) is 8.99. The van der Waals surface area contributed by atoms with E-state index in [0.717, 1.165) is 16.7 Å². The van der Waals surface area contributed by atoms with Crippen molar-refractivity contribution >= 4 is 34.2 Å². The highest BCUT2D eigenvalue weighted by molar-refractivity contribution is 7.15. The normalized spacial score (nSPS) is 18.1. The molecule has 164 valence electrons. The minimum Gasteiger partial charge on any atom is -0.481 e. The molecule has 0 bridgehead atoms. The molecule has 1 amide bonds. The van der Waals surface area contributed by atoms with Crippen molar-refractivity contribution in [2.75, 3.05) is 5.32 Å². The molecule has 2 N–H and O–H groups in total. The van der Waals surface area contributed by atoms with Gasteiger partial charge in [-0.2, -0.15) is 0 Å². The molecule has 0 fully saturated rings. The molecule has 1 aromatic heterocycles. The molecule has 0 aliphatic heterocycles. The van der Waals surface area contributed by atoms with Crippen LogP contribution in [0.3, 0.4) is 0 Å². The Hall–Kier alpha value is -2.93. The van der Waals surface area contributed by atoms with Gasteiger partial charge in [0.1, 0.15) is 10.6 Å². The fraction of sp³-hybridized carbons (Fsp3) is 0.375. The van der Waals surface area contributed by atoms with Crippen molar-refractivity contribution in [1.82, 2.24) is 0 Å². The average Bonchev–Trinajstić information content (AvgIpc) is 3.12. The highest BCUT2D eigenvalue weighted by atomic mass is 32.1. The van der Waals surface area contributed by atoms with E-state index in [1.54, 1.807) is 19.9 Å². The summed E-state index contributed by atoms with van der Waals surface area (Å²) in [6.45, 7) is 7.48. The smallest absolute Gasteiger partial charge is 0.342 e. The van der Waals surface area contributed by atoms with E-state index in [4.69, 9.17) is 4.74 Å². The SMILES string of the molecule is Cc1ccc(C)c(-c2csc(NC(=O)C3CC=CCC3C(=O)O)c2C(=O)OC(C)C)c1. The Labute approximate surface area is 185 Å². The van der Waals surface area contributed by atoms with E-state index in [1.165, 1.54) is 11.3 Å². The van der Waals surface area contributed by atoms with Crippen LogP contribution in [-0.4, -0.2) is 29.1 Å². The molecular weight excluding hydrogens is 414 g/mol. The number of aliphatic carboxylic acids is 1. The molecular formula is C24H27NO5S. The molecule has 31 heavy (non-hydrogen) atoms. The lowest BCUT2D eigenvalue weighted by molar-refractivity contribution is -0.146. The Morgan fingerprint density at radius 1 is 1.10 bits per heavy atom. The predicted molar refractivity (Wildman–Crippen MR) is 121 cm³/mol. The van der Waals surface area contributed by atoms with Crippen molar-refractivity contribution in [2.45, 2.75) is 46.6 Å². The summed E-state index contributed by atoms with van der Waals surface area (Å²) in [7, 11) is 0. The van der Waals surface area contributed by atoms with Crippen LogP contribution in [0.4, 0.5) is 5.00 Å². The zero-order chi connectivity index (χ0) is 22.7. The van der Waals surface area contributed by atoms with Gasteiger partial charge >= 0.3 is 11.9 Å². The Kier molecular flexibility index (Phi) is 6.95. The van der Waals surface area contributed by atoms with Gasteiger partial charge in [0.05, 0.1) is 17.9 Å².